The molecule has 2 amide bonds. The van der Waals surface area contributed by atoms with Crippen molar-refractivity contribution >= 4 is 51.6 Å². The minimum Gasteiger partial charge on any atom is -0.491 e. The molecule has 2 aromatic heterocycles. The van der Waals surface area contributed by atoms with E-state index in [9.17, 15) is 14.0 Å². The van der Waals surface area contributed by atoms with E-state index in [4.69, 9.17) is 32.7 Å². The molecule has 9 nitrogen and oxygen atoms in total. The number of alkyl halides is 1. The number of benzene rings is 3. The number of halogens is 3. The van der Waals surface area contributed by atoms with Crippen LogP contribution in [0.15, 0.2) is 85.1 Å². The van der Waals surface area contributed by atoms with Crippen molar-refractivity contribution in [2.75, 3.05) is 44.8 Å². The predicted molar refractivity (Wildman–Crippen MR) is 181 cm³/mol. The number of amides is 2. The van der Waals surface area contributed by atoms with Crippen LogP contribution in [0.25, 0.3) is 10.9 Å². The topological polar surface area (TPSA) is 88.9 Å². The van der Waals surface area contributed by atoms with Crippen molar-refractivity contribution < 1.29 is 23.5 Å². The van der Waals surface area contributed by atoms with Crippen molar-refractivity contribution in [3.05, 3.63) is 112 Å². The number of nitrogens with zero attached hydrogens (tertiary/aromatic N) is 4. The number of rotatable bonds is 10. The molecule has 0 saturated carbocycles. The minimum atomic E-state index is -0.513. The summed E-state index contributed by atoms with van der Waals surface area (Å²) in [7, 11) is 1.89. The first-order valence-electron chi connectivity index (χ1n) is 15.1. The first-order chi connectivity index (χ1) is 22.8. The molecule has 0 radical (unpaired) electrons. The normalized spacial score (nSPS) is 13.5. The number of carbonyl (C=O) groups excluding carboxylic acids is 2. The van der Waals surface area contributed by atoms with Crippen molar-refractivity contribution in [3.63, 3.8) is 0 Å². The number of hydrogen-bond acceptors (Lipinski definition) is 6. The number of piperazine rings is 1. The van der Waals surface area contributed by atoms with Crippen LogP contribution < -0.4 is 14.8 Å². The lowest BCUT2D eigenvalue weighted by molar-refractivity contribution is 0.0619. The molecule has 1 fully saturated rings. The maximum atomic E-state index is 13.5. The van der Waals surface area contributed by atoms with Crippen molar-refractivity contribution in [3.8, 4) is 17.4 Å². The molecule has 1 N–H and O–H groups in total. The van der Waals surface area contributed by atoms with Gasteiger partial charge in [0.2, 0.25) is 5.88 Å². The van der Waals surface area contributed by atoms with Crippen molar-refractivity contribution in [1.29, 1.82) is 0 Å². The highest BCUT2D eigenvalue weighted by molar-refractivity contribution is 6.42. The van der Waals surface area contributed by atoms with Crippen LogP contribution in [0.3, 0.4) is 0 Å². The molecular weight excluding hydrogens is 644 g/mol. The summed E-state index contributed by atoms with van der Waals surface area (Å²) < 4.78 is 25.5. The van der Waals surface area contributed by atoms with E-state index in [-0.39, 0.29) is 18.4 Å². The van der Waals surface area contributed by atoms with Crippen LogP contribution in [0.5, 0.6) is 17.4 Å². The lowest BCUT2D eigenvalue weighted by Crippen LogP contribution is -2.48. The van der Waals surface area contributed by atoms with Crippen LogP contribution in [-0.4, -0.2) is 70.6 Å². The Morgan fingerprint density at radius 1 is 0.894 bits per heavy atom. The predicted octanol–water partition coefficient (Wildman–Crippen LogP) is 7.23. The molecule has 0 unspecified atom stereocenters. The Morgan fingerprint density at radius 2 is 1.66 bits per heavy atom. The van der Waals surface area contributed by atoms with Gasteiger partial charge >= 0.3 is 0 Å². The number of anilines is 1. The number of hydrogen-bond donors (Lipinski definition) is 1. The third kappa shape index (κ3) is 7.68. The summed E-state index contributed by atoms with van der Waals surface area (Å²) in [6.45, 7) is 3.09. The summed E-state index contributed by atoms with van der Waals surface area (Å²) in [5, 5.41) is 4.31. The summed E-state index contributed by atoms with van der Waals surface area (Å²) in [4.78, 5) is 34.6. The summed E-state index contributed by atoms with van der Waals surface area (Å²) in [6, 6.07) is 23.2. The van der Waals surface area contributed by atoms with E-state index in [1.165, 1.54) is 12.3 Å². The average Bonchev–Trinajstić information content (AvgIpc) is 3.41. The summed E-state index contributed by atoms with van der Waals surface area (Å²) >= 11 is 12.0. The fourth-order valence-electron chi connectivity index (χ4n) is 5.45. The van der Waals surface area contributed by atoms with E-state index in [0.29, 0.717) is 57.5 Å². The van der Waals surface area contributed by atoms with E-state index >= 15 is 0 Å². The molecule has 242 valence electrons. The number of aryl methyl sites for hydroxylation is 1. The molecule has 12 heteroatoms. The Bertz CT molecular complexity index is 1890. The molecule has 0 aliphatic carbocycles. The largest absolute Gasteiger partial charge is 0.491 e. The van der Waals surface area contributed by atoms with Crippen LogP contribution in [0.2, 0.25) is 10.0 Å². The van der Waals surface area contributed by atoms with Gasteiger partial charge < -0.3 is 24.3 Å². The number of fused-ring (bicyclic) bond motifs is 1. The minimum absolute atomic E-state index is 0.0136. The van der Waals surface area contributed by atoms with Gasteiger partial charge in [0.05, 0.1) is 21.9 Å². The van der Waals surface area contributed by atoms with Gasteiger partial charge in [0.1, 0.15) is 30.5 Å². The fourth-order valence-corrected chi connectivity index (χ4v) is 5.75. The second kappa shape index (κ2) is 14.4. The van der Waals surface area contributed by atoms with Crippen LogP contribution in [-0.2, 0) is 13.6 Å². The Morgan fingerprint density at radius 3 is 2.36 bits per heavy atom. The number of nitrogens with one attached hydrogen (secondary N) is 1. The molecule has 1 saturated heterocycles. The SMILES string of the molecule is Cn1c(C(=O)N2CCN(Cc3ccc(OCCF)cc3)CC2)cc2cc(Oc3ccc(NC(=O)c4ccc(Cl)c(Cl)c4)cn3)ccc21. The third-order valence-corrected chi connectivity index (χ3v) is 8.71. The van der Waals surface area contributed by atoms with Gasteiger partial charge in [-0.25, -0.2) is 9.37 Å². The lowest BCUT2D eigenvalue weighted by atomic mass is 10.2. The Labute approximate surface area is 281 Å². The van der Waals surface area contributed by atoms with Crippen molar-refractivity contribution in [2.45, 2.75) is 6.54 Å². The summed E-state index contributed by atoms with van der Waals surface area (Å²) in [6.07, 6.45) is 1.50. The third-order valence-electron chi connectivity index (χ3n) is 7.97. The van der Waals surface area contributed by atoms with Gasteiger partial charge in [-0.2, -0.15) is 0 Å². The van der Waals surface area contributed by atoms with Gasteiger partial charge in [0.25, 0.3) is 11.8 Å². The molecule has 47 heavy (non-hydrogen) atoms. The molecular formula is C35H32Cl2FN5O4. The molecule has 1 aliphatic rings. The molecule has 0 atom stereocenters. The molecule has 0 spiro atoms. The first kappa shape index (κ1) is 32.3. The standard InChI is InChI=1S/C35H32Cl2FN5O4/c1-41-31-10-8-28(47-33-11-5-26(21-39-33)40-34(44)24-4-9-29(36)30(37)19-24)18-25(31)20-32(41)35(45)43-15-13-42(14-16-43)22-23-2-6-27(7-3-23)46-17-12-38/h2-11,18-21H,12-17,22H2,1H3,(H,40,44). The Hall–Kier alpha value is -4.64. The lowest BCUT2D eigenvalue weighted by Gasteiger charge is -2.34. The highest BCUT2D eigenvalue weighted by Crippen LogP contribution is 2.28. The zero-order valence-electron chi connectivity index (χ0n) is 25.6. The highest BCUT2D eigenvalue weighted by Gasteiger charge is 2.25. The zero-order chi connectivity index (χ0) is 32.9. The summed E-state index contributed by atoms with van der Waals surface area (Å²) in [5.74, 6) is 1.22. The van der Waals surface area contributed by atoms with Gasteiger partial charge in [0, 0.05) is 62.3 Å². The van der Waals surface area contributed by atoms with E-state index in [2.05, 4.69) is 15.2 Å². The van der Waals surface area contributed by atoms with Gasteiger partial charge in [-0.05, 0) is 66.2 Å². The fraction of sp³-hybridized carbons (Fsp3) is 0.229. The van der Waals surface area contributed by atoms with Crippen LogP contribution in [0.4, 0.5) is 10.1 Å². The number of aromatic nitrogens is 2. The van der Waals surface area contributed by atoms with Crippen LogP contribution in [0, 0.1) is 0 Å². The van der Waals surface area contributed by atoms with Gasteiger partial charge in [-0.3, -0.25) is 14.5 Å². The smallest absolute Gasteiger partial charge is 0.270 e. The van der Waals surface area contributed by atoms with Crippen LogP contribution >= 0.6 is 23.2 Å². The highest BCUT2D eigenvalue weighted by atomic mass is 35.5. The number of pyridine rings is 1. The maximum Gasteiger partial charge on any atom is 0.270 e. The van der Waals surface area contributed by atoms with E-state index in [0.717, 1.165) is 36.1 Å². The molecule has 0 bridgehead atoms. The van der Waals surface area contributed by atoms with E-state index in [1.807, 2.05) is 65.0 Å². The number of ether oxygens (including phenoxy) is 2. The molecule has 3 heterocycles. The molecule has 6 rings (SSSR count). The molecule has 5 aromatic rings. The first-order valence-corrected chi connectivity index (χ1v) is 15.8. The quantitative estimate of drug-likeness (QED) is 0.168. The van der Waals surface area contributed by atoms with Crippen molar-refractivity contribution in [2.24, 2.45) is 7.05 Å². The monoisotopic (exact) mass is 675 g/mol. The van der Waals surface area contributed by atoms with Crippen molar-refractivity contribution in [1.82, 2.24) is 19.4 Å². The second-order valence-electron chi connectivity index (χ2n) is 11.1. The summed E-state index contributed by atoms with van der Waals surface area (Å²) in [5.41, 5.74) is 3.52. The Kier molecular flexibility index (Phi) is 9.91. The van der Waals surface area contributed by atoms with E-state index < -0.39 is 6.67 Å². The van der Waals surface area contributed by atoms with Gasteiger partial charge in [-0.1, -0.05) is 35.3 Å². The van der Waals surface area contributed by atoms with Gasteiger partial charge in [0.15, 0.2) is 0 Å². The maximum absolute atomic E-state index is 13.5. The second-order valence-corrected chi connectivity index (χ2v) is 11.9. The zero-order valence-corrected chi connectivity index (χ0v) is 27.1. The molecule has 1 aliphatic heterocycles. The van der Waals surface area contributed by atoms with Gasteiger partial charge in [-0.15, -0.1) is 0 Å². The van der Waals surface area contributed by atoms with E-state index in [1.54, 1.807) is 24.3 Å². The Balaban J connectivity index is 1.04. The molecule has 3 aromatic carbocycles. The number of carbonyl (C=O) groups is 2. The average molecular weight is 677 g/mol. The van der Waals surface area contributed by atoms with Crippen LogP contribution in [0.1, 0.15) is 26.4 Å².